The lowest BCUT2D eigenvalue weighted by molar-refractivity contribution is 0.0972. The lowest BCUT2D eigenvalue weighted by Crippen LogP contribution is -2.16. The van der Waals surface area contributed by atoms with Crippen LogP contribution in [0.5, 0.6) is 0 Å². The summed E-state index contributed by atoms with van der Waals surface area (Å²) in [4.78, 5) is 13.7. The van der Waals surface area contributed by atoms with Crippen LogP contribution in [0.15, 0.2) is 24.3 Å². The molecule has 0 aliphatic carbocycles. The number of hydrogen-bond acceptors (Lipinski definition) is 2. The third kappa shape index (κ3) is 5.09. The van der Waals surface area contributed by atoms with Crippen molar-refractivity contribution in [3.8, 4) is 0 Å². The number of rotatable bonds is 4. The van der Waals surface area contributed by atoms with E-state index in [2.05, 4.69) is 0 Å². The van der Waals surface area contributed by atoms with Crippen LogP contribution in [0.4, 0.5) is 0 Å². The predicted molar refractivity (Wildman–Crippen MR) is 69.0 cm³/mol. The van der Waals surface area contributed by atoms with Crippen molar-refractivity contribution < 1.29 is 4.79 Å². The van der Waals surface area contributed by atoms with Gasteiger partial charge in [0.2, 0.25) is 0 Å². The molecule has 0 heterocycles. The molecule has 0 aliphatic rings. The Bertz CT molecular complexity index is 323. The molecule has 0 aliphatic heterocycles. The molecule has 0 saturated heterocycles. The molecule has 0 unspecified atom stereocenters. The fraction of sp³-hybridized carbons (Fsp3) is 0.417. The molecule has 1 rings (SSSR count). The number of hydrogen-bond donors (Lipinski definition) is 0. The average Bonchev–Trinajstić information content (AvgIpc) is 2.14. The fourth-order valence-corrected chi connectivity index (χ4v) is 1.29. The van der Waals surface area contributed by atoms with Gasteiger partial charge in [-0.3, -0.25) is 4.79 Å². The minimum absolute atomic E-state index is 0. The van der Waals surface area contributed by atoms with Crippen LogP contribution in [0.25, 0.3) is 0 Å². The van der Waals surface area contributed by atoms with Crippen molar-refractivity contribution in [3.05, 3.63) is 35.4 Å². The SMILES string of the molecule is Br.Cc1cccc(C(=O)CCN(C)C)c1. The number of carbonyl (C=O) groups excluding carboxylic acids is 1. The summed E-state index contributed by atoms with van der Waals surface area (Å²) in [7, 11) is 3.95. The Morgan fingerprint density at radius 2 is 2.00 bits per heavy atom. The van der Waals surface area contributed by atoms with E-state index >= 15 is 0 Å². The Morgan fingerprint density at radius 3 is 2.53 bits per heavy atom. The first-order valence-corrected chi connectivity index (χ1v) is 4.84. The molecule has 0 N–H and O–H groups in total. The lowest BCUT2D eigenvalue weighted by atomic mass is 10.1. The average molecular weight is 272 g/mol. The van der Waals surface area contributed by atoms with Crippen molar-refractivity contribution in [3.63, 3.8) is 0 Å². The van der Waals surface area contributed by atoms with Crippen LogP contribution in [-0.2, 0) is 0 Å². The molecule has 0 fully saturated rings. The molecule has 84 valence electrons. The summed E-state index contributed by atoms with van der Waals surface area (Å²) in [6, 6.07) is 7.75. The number of ketones is 1. The zero-order chi connectivity index (χ0) is 10.6. The summed E-state index contributed by atoms with van der Waals surface area (Å²) in [5, 5.41) is 0. The maximum Gasteiger partial charge on any atom is 0.164 e. The molecular formula is C12H18BrNO. The Kier molecular flexibility index (Phi) is 6.45. The molecular weight excluding hydrogens is 254 g/mol. The van der Waals surface area contributed by atoms with Gasteiger partial charge >= 0.3 is 0 Å². The van der Waals surface area contributed by atoms with E-state index < -0.39 is 0 Å². The topological polar surface area (TPSA) is 20.3 Å². The van der Waals surface area contributed by atoms with Crippen LogP contribution >= 0.6 is 17.0 Å². The highest BCUT2D eigenvalue weighted by Crippen LogP contribution is 2.06. The van der Waals surface area contributed by atoms with E-state index in [1.54, 1.807) is 0 Å². The Hall–Kier alpha value is -0.670. The molecule has 1 aromatic rings. The number of aryl methyl sites for hydroxylation is 1. The van der Waals surface area contributed by atoms with Gasteiger partial charge in [0.25, 0.3) is 0 Å². The predicted octanol–water partition coefficient (Wildman–Crippen LogP) is 2.71. The first-order valence-electron chi connectivity index (χ1n) is 4.84. The second-order valence-electron chi connectivity index (χ2n) is 3.85. The third-order valence-electron chi connectivity index (χ3n) is 2.13. The van der Waals surface area contributed by atoms with Gasteiger partial charge in [-0.15, -0.1) is 17.0 Å². The van der Waals surface area contributed by atoms with Crippen molar-refractivity contribution in [1.82, 2.24) is 4.90 Å². The number of Topliss-reactive ketones (excluding diaryl/α,β-unsaturated/α-hetero) is 1. The Balaban J connectivity index is 0.00000196. The van der Waals surface area contributed by atoms with Crippen molar-refractivity contribution in [1.29, 1.82) is 0 Å². The molecule has 15 heavy (non-hydrogen) atoms. The first kappa shape index (κ1) is 14.3. The summed E-state index contributed by atoms with van der Waals surface area (Å²) >= 11 is 0. The summed E-state index contributed by atoms with van der Waals surface area (Å²) < 4.78 is 0. The summed E-state index contributed by atoms with van der Waals surface area (Å²) in [6.45, 7) is 2.81. The van der Waals surface area contributed by atoms with Crippen LogP contribution in [0.2, 0.25) is 0 Å². The largest absolute Gasteiger partial charge is 0.309 e. The van der Waals surface area contributed by atoms with Crippen LogP contribution in [0.3, 0.4) is 0 Å². The number of nitrogens with zero attached hydrogens (tertiary/aromatic N) is 1. The van der Waals surface area contributed by atoms with Crippen LogP contribution in [0, 0.1) is 6.92 Å². The van der Waals surface area contributed by atoms with E-state index in [1.165, 1.54) is 0 Å². The molecule has 0 spiro atoms. The second kappa shape index (κ2) is 6.75. The van der Waals surface area contributed by atoms with Gasteiger partial charge < -0.3 is 4.90 Å². The van der Waals surface area contributed by atoms with Gasteiger partial charge in [-0.25, -0.2) is 0 Å². The van der Waals surface area contributed by atoms with Gasteiger partial charge in [-0.2, -0.15) is 0 Å². The van der Waals surface area contributed by atoms with Crippen molar-refractivity contribution in [2.75, 3.05) is 20.6 Å². The third-order valence-corrected chi connectivity index (χ3v) is 2.13. The van der Waals surface area contributed by atoms with Crippen LogP contribution in [0.1, 0.15) is 22.3 Å². The van der Waals surface area contributed by atoms with Crippen LogP contribution < -0.4 is 0 Å². The molecule has 2 nitrogen and oxygen atoms in total. The van der Waals surface area contributed by atoms with E-state index in [0.717, 1.165) is 17.7 Å². The second-order valence-corrected chi connectivity index (χ2v) is 3.85. The van der Waals surface area contributed by atoms with Gasteiger partial charge in [-0.1, -0.05) is 23.8 Å². The van der Waals surface area contributed by atoms with E-state index in [0.29, 0.717) is 6.42 Å². The number of carbonyl (C=O) groups is 1. The van der Waals surface area contributed by atoms with Gasteiger partial charge in [0.05, 0.1) is 0 Å². The van der Waals surface area contributed by atoms with Gasteiger partial charge in [0.15, 0.2) is 5.78 Å². The molecule has 0 atom stereocenters. The normalized spacial score (nSPS) is 9.87. The summed E-state index contributed by atoms with van der Waals surface area (Å²) in [5.41, 5.74) is 1.97. The van der Waals surface area contributed by atoms with E-state index in [9.17, 15) is 4.79 Å². The van der Waals surface area contributed by atoms with Gasteiger partial charge in [-0.05, 0) is 27.1 Å². The molecule has 0 radical (unpaired) electrons. The maximum absolute atomic E-state index is 11.7. The molecule has 3 heteroatoms. The Labute approximate surface area is 102 Å². The smallest absolute Gasteiger partial charge is 0.164 e. The van der Waals surface area contributed by atoms with E-state index in [1.807, 2.05) is 50.2 Å². The zero-order valence-electron chi connectivity index (χ0n) is 9.49. The van der Waals surface area contributed by atoms with Gasteiger partial charge in [0, 0.05) is 18.5 Å². The number of benzene rings is 1. The fourth-order valence-electron chi connectivity index (χ4n) is 1.29. The highest BCUT2D eigenvalue weighted by Gasteiger charge is 2.05. The van der Waals surface area contributed by atoms with Crippen LogP contribution in [-0.4, -0.2) is 31.3 Å². The maximum atomic E-state index is 11.7. The first-order chi connectivity index (χ1) is 6.59. The molecule has 0 amide bonds. The zero-order valence-corrected chi connectivity index (χ0v) is 11.2. The molecule has 0 bridgehead atoms. The molecule has 1 aromatic carbocycles. The highest BCUT2D eigenvalue weighted by molar-refractivity contribution is 8.93. The number of halogens is 1. The highest BCUT2D eigenvalue weighted by atomic mass is 79.9. The summed E-state index contributed by atoms with van der Waals surface area (Å²) in [5.74, 6) is 0.224. The Morgan fingerprint density at radius 1 is 1.33 bits per heavy atom. The standard InChI is InChI=1S/C12H17NO.BrH/c1-10-5-4-6-11(9-10)12(14)7-8-13(2)3;/h4-6,9H,7-8H2,1-3H3;1H. The summed E-state index contributed by atoms with van der Waals surface area (Å²) in [6.07, 6.45) is 0.594. The minimum Gasteiger partial charge on any atom is -0.309 e. The van der Waals surface area contributed by atoms with Crippen molar-refractivity contribution in [2.45, 2.75) is 13.3 Å². The van der Waals surface area contributed by atoms with E-state index in [4.69, 9.17) is 0 Å². The van der Waals surface area contributed by atoms with Crippen molar-refractivity contribution >= 4 is 22.8 Å². The lowest BCUT2D eigenvalue weighted by Gasteiger charge is -2.08. The molecule has 0 aromatic heterocycles. The van der Waals surface area contributed by atoms with Gasteiger partial charge in [0.1, 0.15) is 0 Å². The quantitative estimate of drug-likeness (QED) is 0.785. The van der Waals surface area contributed by atoms with E-state index in [-0.39, 0.29) is 22.8 Å². The monoisotopic (exact) mass is 271 g/mol. The minimum atomic E-state index is 0. The molecule has 0 saturated carbocycles. The van der Waals surface area contributed by atoms with Crippen molar-refractivity contribution in [2.24, 2.45) is 0 Å².